The lowest BCUT2D eigenvalue weighted by Gasteiger charge is -2.39. The molecule has 2 aliphatic rings. The topological polar surface area (TPSA) is 17.0 Å². The van der Waals surface area contributed by atoms with Crippen LogP contribution in [0.2, 0.25) is 24.7 Å². The van der Waals surface area contributed by atoms with Gasteiger partial charge in [0.1, 0.15) is 24.0 Å². The van der Waals surface area contributed by atoms with Crippen LogP contribution in [0.3, 0.4) is 0 Å². The maximum absolute atomic E-state index is 15.6. The minimum Gasteiger partial charge on any atom is -0.455 e. The summed E-state index contributed by atoms with van der Waals surface area (Å²) in [6, 6.07) is 15.1. The zero-order chi connectivity index (χ0) is 23.8. The molecule has 1 aliphatic carbocycles. The molecule has 2 fully saturated rings. The average Bonchev–Trinajstić information content (AvgIpc) is 3.32. The molecule has 4 aromatic rings. The summed E-state index contributed by atoms with van der Waals surface area (Å²) in [5.74, 6) is -0.662. The Labute approximate surface area is 197 Å². The van der Waals surface area contributed by atoms with Crippen LogP contribution >= 0.6 is 0 Å². The van der Waals surface area contributed by atoms with Crippen LogP contribution in [0.4, 0.5) is 4.39 Å². The summed E-state index contributed by atoms with van der Waals surface area (Å²) in [4.78, 5) is 0. The molecule has 1 saturated carbocycles. The van der Waals surface area contributed by atoms with E-state index in [2.05, 4.69) is 42.8 Å². The fourth-order valence-electron chi connectivity index (χ4n) is 6.81. The van der Waals surface area contributed by atoms with Gasteiger partial charge in [-0.2, -0.15) is 0 Å². The summed E-state index contributed by atoms with van der Waals surface area (Å²) in [6.07, 6.45) is 6.01. The van der Waals surface area contributed by atoms with E-state index in [1.807, 2.05) is 31.4 Å². The first-order valence-corrected chi connectivity index (χ1v) is 15.6. The van der Waals surface area contributed by atoms with Crippen LogP contribution in [0.15, 0.2) is 53.1 Å². The number of aromatic nitrogens is 1. The minimum atomic E-state index is -1.40. The molecular weight excluding hydrogens is 425 g/mol. The summed E-state index contributed by atoms with van der Waals surface area (Å²) in [7, 11) is 0.632. The zero-order valence-electron chi connectivity index (χ0n) is 21.0. The van der Waals surface area contributed by atoms with Crippen molar-refractivity contribution >= 4 is 30.0 Å². The van der Waals surface area contributed by atoms with Gasteiger partial charge in [-0.15, -0.1) is 0 Å². The van der Waals surface area contributed by atoms with Gasteiger partial charge in [0.05, 0.1) is 13.6 Å². The number of halogens is 1. The molecule has 1 aliphatic heterocycles. The van der Waals surface area contributed by atoms with E-state index in [1.165, 1.54) is 18.9 Å². The van der Waals surface area contributed by atoms with E-state index < -0.39 is 14.0 Å². The Morgan fingerprint density at radius 1 is 1.06 bits per heavy atom. The Morgan fingerprint density at radius 2 is 1.85 bits per heavy atom. The Morgan fingerprint density at radius 3 is 2.64 bits per heavy atom. The summed E-state index contributed by atoms with van der Waals surface area (Å²) < 4.78 is 33.9. The molecule has 0 spiro atoms. The van der Waals surface area contributed by atoms with Crippen molar-refractivity contribution in [1.29, 1.82) is 0 Å². The van der Waals surface area contributed by atoms with Crippen LogP contribution in [-0.4, -0.2) is 8.07 Å². The van der Waals surface area contributed by atoms with Crippen molar-refractivity contribution in [1.82, 2.24) is 0 Å². The highest BCUT2D eigenvalue weighted by molar-refractivity contribution is 6.79. The monoisotopic (exact) mass is 459 g/mol. The molecule has 2 nitrogen and oxygen atoms in total. The first-order valence-electron chi connectivity index (χ1n) is 12.8. The largest absolute Gasteiger partial charge is 0.455 e. The molecule has 3 unspecified atom stereocenters. The molecule has 2 aromatic heterocycles. The first-order chi connectivity index (χ1) is 16.2. The van der Waals surface area contributed by atoms with E-state index in [9.17, 15) is 1.37 Å². The Hall–Kier alpha value is -2.46. The predicted octanol–water partition coefficient (Wildman–Crippen LogP) is 7.89. The highest BCUT2D eigenvalue weighted by Crippen LogP contribution is 2.57. The highest BCUT2D eigenvalue weighted by atomic mass is 28.3. The van der Waals surface area contributed by atoms with E-state index in [4.69, 9.17) is 4.42 Å². The number of aryl methyl sites for hydroxylation is 2. The van der Waals surface area contributed by atoms with Crippen LogP contribution < -0.4 is 4.57 Å². The lowest BCUT2D eigenvalue weighted by Crippen LogP contribution is -2.37. The third-order valence-electron chi connectivity index (χ3n) is 8.58. The Balaban J connectivity index is 1.59. The third kappa shape index (κ3) is 3.21. The fourth-order valence-corrected chi connectivity index (χ4v) is 10.7. The standard InChI is InChI=1S/C29H33FNOSi/c1-18-10-11-21-22-12-13-23(30)27(20-16-19-8-7-15-33(3,4)25(19)17-20)29(22)32-28(21)26(18)24-9-5-6-14-31(24)2/h5-6,9-14,19-20,25H,7-8,15-17H2,1-4H3/q+1/i20D. The highest BCUT2D eigenvalue weighted by Gasteiger charge is 2.47. The summed E-state index contributed by atoms with van der Waals surface area (Å²) >= 11 is 0. The summed E-state index contributed by atoms with van der Waals surface area (Å²) in [5, 5.41) is 1.92. The molecule has 0 N–H and O–H groups in total. The van der Waals surface area contributed by atoms with E-state index in [0.717, 1.165) is 46.0 Å². The van der Waals surface area contributed by atoms with Gasteiger partial charge in [0.15, 0.2) is 6.20 Å². The van der Waals surface area contributed by atoms with E-state index in [1.54, 1.807) is 6.07 Å². The molecule has 4 heteroatoms. The lowest BCUT2D eigenvalue weighted by molar-refractivity contribution is -0.660. The van der Waals surface area contributed by atoms with Gasteiger partial charge in [-0.05, 0) is 60.9 Å². The van der Waals surface area contributed by atoms with Gasteiger partial charge < -0.3 is 4.42 Å². The van der Waals surface area contributed by atoms with Crippen LogP contribution in [0.5, 0.6) is 0 Å². The molecule has 170 valence electrons. The van der Waals surface area contributed by atoms with Gasteiger partial charge in [0.25, 0.3) is 0 Å². The summed E-state index contributed by atoms with van der Waals surface area (Å²) in [5.41, 5.74) is 5.67. The van der Waals surface area contributed by atoms with Gasteiger partial charge in [0.2, 0.25) is 5.69 Å². The van der Waals surface area contributed by atoms with Crippen LogP contribution in [-0.2, 0) is 7.05 Å². The number of benzene rings is 2. The molecule has 2 aromatic carbocycles. The van der Waals surface area contributed by atoms with Gasteiger partial charge >= 0.3 is 0 Å². The average molecular weight is 460 g/mol. The van der Waals surface area contributed by atoms with Gasteiger partial charge in [0, 0.05) is 29.8 Å². The minimum absolute atomic E-state index is 0.289. The SMILES string of the molecule is [2H]C1(c2c(F)ccc3c2oc2c(-c4cccc[n+]4C)c(C)ccc23)CC2CCC[Si](C)(C)C2C1. The number of furan rings is 1. The Kier molecular flexibility index (Phi) is 4.55. The lowest BCUT2D eigenvalue weighted by atomic mass is 9.92. The quantitative estimate of drug-likeness (QED) is 0.220. The predicted molar refractivity (Wildman–Crippen MR) is 136 cm³/mol. The molecule has 6 rings (SSSR count). The molecular formula is C29H33FNOSi+. The van der Waals surface area contributed by atoms with Gasteiger partial charge in [-0.25, -0.2) is 8.96 Å². The summed E-state index contributed by atoms with van der Waals surface area (Å²) in [6.45, 7) is 7.04. The van der Waals surface area contributed by atoms with Gasteiger partial charge in [-0.1, -0.05) is 44.1 Å². The maximum atomic E-state index is 15.6. The van der Waals surface area contributed by atoms with E-state index in [0.29, 0.717) is 22.6 Å². The maximum Gasteiger partial charge on any atom is 0.216 e. The molecule has 1 saturated heterocycles. The Bertz CT molecular complexity index is 1440. The smallest absolute Gasteiger partial charge is 0.216 e. The molecule has 0 bridgehead atoms. The third-order valence-corrected chi connectivity index (χ3v) is 12.9. The van der Waals surface area contributed by atoms with Crippen molar-refractivity contribution in [3.8, 4) is 11.3 Å². The number of fused-ring (bicyclic) bond motifs is 4. The van der Waals surface area contributed by atoms with Crippen molar-refractivity contribution in [2.24, 2.45) is 13.0 Å². The number of rotatable bonds is 2. The molecule has 0 amide bonds. The van der Waals surface area contributed by atoms with Crippen LogP contribution in [0.1, 0.15) is 44.1 Å². The number of pyridine rings is 1. The van der Waals surface area contributed by atoms with E-state index >= 15 is 4.39 Å². The second kappa shape index (κ2) is 7.53. The van der Waals surface area contributed by atoms with Crippen molar-refractivity contribution in [2.45, 2.75) is 63.2 Å². The number of hydrogen-bond donors (Lipinski definition) is 0. The van der Waals surface area contributed by atoms with Crippen LogP contribution in [0, 0.1) is 18.7 Å². The second-order valence-corrected chi connectivity index (χ2v) is 16.2. The molecule has 33 heavy (non-hydrogen) atoms. The van der Waals surface area contributed by atoms with Crippen molar-refractivity contribution in [2.75, 3.05) is 0 Å². The zero-order valence-corrected chi connectivity index (χ0v) is 21.0. The second-order valence-electron chi connectivity index (χ2n) is 11.0. The van der Waals surface area contributed by atoms with Crippen molar-refractivity contribution in [3.05, 3.63) is 65.6 Å². The van der Waals surface area contributed by atoms with Gasteiger partial charge in [-0.3, -0.25) is 0 Å². The normalized spacial score (nSPS) is 27.1. The number of hydrogen-bond acceptors (Lipinski definition) is 1. The molecule has 0 radical (unpaired) electrons. The van der Waals surface area contributed by atoms with Crippen molar-refractivity contribution in [3.63, 3.8) is 0 Å². The van der Waals surface area contributed by atoms with Crippen molar-refractivity contribution < 1.29 is 14.7 Å². The van der Waals surface area contributed by atoms with Crippen LogP contribution in [0.25, 0.3) is 33.2 Å². The molecule has 3 atom stereocenters. The first kappa shape index (κ1) is 20.0. The van der Waals surface area contributed by atoms with E-state index in [-0.39, 0.29) is 5.82 Å². The molecule has 3 heterocycles. The fraction of sp³-hybridized carbons (Fsp3) is 0.414. The number of nitrogens with zero attached hydrogens (tertiary/aromatic N) is 1.